The molecule has 2 aromatic carbocycles. The van der Waals surface area contributed by atoms with Crippen molar-refractivity contribution in [2.75, 3.05) is 16.8 Å². The molecule has 38 heavy (non-hydrogen) atoms. The highest BCUT2D eigenvalue weighted by Crippen LogP contribution is 2.34. The van der Waals surface area contributed by atoms with Crippen molar-refractivity contribution in [3.63, 3.8) is 0 Å². The van der Waals surface area contributed by atoms with Crippen LogP contribution in [0.25, 0.3) is 10.2 Å². The first kappa shape index (κ1) is 27.5. The number of tetrazole rings is 1. The first-order valence-corrected chi connectivity index (χ1v) is 12.4. The number of thiazole rings is 1. The van der Waals surface area contributed by atoms with Gasteiger partial charge in [-0.25, -0.2) is 9.78 Å². The molecule has 0 aliphatic carbocycles. The Labute approximate surface area is 221 Å². The summed E-state index contributed by atoms with van der Waals surface area (Å²) in [4.78, 5) is 19.0. The quantitative estimate of drug-likeness (QED) is 0.121. The van der Waals surface area contributed by atoms with E-state index in [9.17, 15) is 26.7 Å². The molecule has 0 bridgehead atoms. The number of carbonyl (C=O) groups is 1. The molecule has 2 amide bonds. The van der Waals surface area contributed by atoms with Crippen molar-refractivity contribution in [3.05, 3.63) is 48.3 Å². The molecule has 0 aliphatic rings. The second kappa shape index (κ2) is 11.5. The Hall–Kier alpha value is -3.53. The number of thiol groups is 1. The van der Waals surface area contributed by atoms with Crippen molar-refractivity contribution < 1.29 is 31.5 Å². The summed E-state index contributed by atoms with van der Waals surface area (Å²) in [6.07, 6.45) is -10.1. The average molecular weight is 574 g/mol. The van der Waals surface area contributed by atoms with Gasteiger partial charge in [0.2, 0.25) is 0 Å². The van der Waals surface area contributed by atoms with Gasteiger partial charge in [0.25, 0.3) is 0 Å². The number of urea groups is 1. The number of aromatic amines is 1. The van der Waals surface area contributed by atoms with E-state index in [-0.39, 0.29) is 5.69 Å². The number of unbranched alkanes of at least 4 members (excludes halogenated alkanes) is 1. The minimum absolute atomic E-state index is 0.231. The van der Waals surface area contributed by atoms with E-state index in [1.165, 1.54) is 28.4 Å². The fraction of sp³-hybridized carbons (Fsp3) is 0.318. The Kier molecular flexibility index (Phi) is 8.30. The van der Waals surface area contributed by atoms with Crippen LogP contribution >= 0.6 is 24.0 Å². The standard InChI is InChI=1S/C22H20F5N7O2S2/c23-21(24,25)12-22(26,27)36-15-7-4-13(5-8-15)28-19(35)34(10-2-1-3-18-30-32-33-31-18)14-6-9-16-17(11-14)38-20(37)29-16/h4-9,11H,1-3,10,12H2,(H,28,35)(H,29,37)(H,30,31,32,33). The van der Waals surface area contributed by atoms with Crippen LogP contribution in [0.4, 0.5) is 38.1 Å². The van der Waals surface area contributed by atoms with E-state index in [0.717, 1.165) is 22.3 Å². The predicted octanol–water partition coefficient (Wildman–Crippen LogP) is 6.08. The molecule has 0 atom stereocenters. The lowest BCUT2D eigenvalue weighted by atomic mass is 10.2. The zero-order valence-corrected chi connectivity index (χ0v) is 21.1. The lowest BCUT2D eigenvalue weighted by Gasteiger charge is -2.23. The minimum Gasteiger partial charge on any atom is -0.432 e. The van der Waals surface area contributed by atoms with E-state index in [1.54, 1.807) is 12.1 Å². The molecule has 2 N–H and O–H groups in total. The minimum atomic E-state index is -5.09. The predicted molar refractivity (Wildman–Crippen MR) is 133 cm³/mol. The third kappa shape index (κ3) is 7.74. The summed E-state index contributed by atoms with van der Waals surface area (Å²) >= 11 is 5.63. The van der Waals surface area contributed by atoms with Gasteiger partial charge in [-0.1, -0.05) is 5.21 Å². The number of aromatic nitrogens is 5. The van der Waals surface area contributed by atoms with Crippen LogP contribution < -0.4 is 15.0 Å². The van der Waals surface area contributed by atoms with Crippen molar-refractivity contribution in [1.29, 1.82) is 0 Å². The average Bonchev–Trinajstić information content (AvgIpc) is 3.46. The number of fused-ring (bicyclic) bond motifs is 1. The lowest BCUT2D eigenvalue weighted by Crippen LogP contribution is -2.36. The van der Waals surface area contributed by atoms with Crippen LogP contribution in [0.5, 0.6) is 5.75 Å². The number of halogens is 5. The Morgan fingerprint density at radius 1 is 1.11 bits per heavy atom. The van der Waals surface area contributed by atoms with Crippen molar-refractivity contribution in [2.24, 2.45) is 0 Å². The highest BCUT2D eigenvalue weighted by atomic mass is 32.2. The van der Waals surface area contributed by atoms with Gasteiger partial charge in [-0.15, -0.1) is 34.2 Å². The number of nitrogens with zero attached hydrogens (tertiary/aromatic N) is 5. The number of H-pyrrole nitrogens is 1. The zero-order valence-electron chi connectivity index (χ0n) is 19.4. The molecule has 4 rings (SSSR count). The van der Waals surface area contributed by atoms with Crippen LogP contribution in [0.3, 0.4) is 0 Å². The Balaban J connectivity index is 1.45. The number of nitrogens with one attached hydrogen (secondary N) is 2. The second-order valence-corrected chi connectivity index (χ2v) is 9.83. The second-order valence-electron chi connectivity index (χ2n) is 8.07. The van der Waals surface area contributed by atoms with Crippen LogP contribution in [0, 0.1) is 0 Å². The van der Waals surface area contributed by atoms with E-state index in [2.05, 4.69) is 48.3 Å². The summed E-state index contributed by atoms with van der Waals surface area (Å²) in [5, 5.41) is 16.4. The molecule has 4 aromatic rings. The molecule has 2 aromatic heterocycles. The fourth-order valence-electron chi connectivity index (χ4n) is 3.50. The van der Waals surface area contributed by atoms with Gasteiger partial charge in [-0.3, -0.25) is 4.90 Å². The van der Waals surface area contributed by atoms with Gasteiger partial charge in [-0.05, 0) is 55.3 Å². The largest absolute Gasteiger partial charge is 0.432 e. The monoisotopic (exact) mass is 573 g/mol. The first-order valence-electron chi connectivity index (χ1n) is 11.1. The number of rotatable bonds is 10. The summed E-state index contributed by atoms with van der Waals surface area (Å²) in [5.41, 5.74) is 1.56. The summed E-state index contributed by atoms with van der Waals surface area (Å²) in [5.74, 6) is 0.0743. The topological polar surface area (TPSA) is 109 Å². The SMILES string of the molecule is O=C(Nc1ccc(OC(F)(F)CC(F)(F)F)cc1)N(CCCCc1nn[nH]n1)c1ccc2nc(S)sc2c1. The van der Waals surface area contributed by atoms with E-state index in [0.29, 0.717) is 41.7 Å². The van der Waals surface area contributed by atoms with E-state index < -0.39 is 30.5 Å². The normalized spacial score (nSPS) is 12.1. The summed E-state index contributed by atoms with van der Waals surface area (Å²) in [6, 6.07) is 9.43. The van der Waals surface area contributed by atoms with E-state index in [4.69, 9.17) is 0 Å². The lowest BCUT2D eigenvalue weighted by molar-refractivity contribution is -0.255. The summed E-state index contributed by atoms with van der Waals surface area (Å²) in [6.45, 7) is 0.326. The number of hydrogen-bond donors (Lipinski definition) is 3. The third-order valence-electron chi connectivity index (χ3n) is 5.12. The number of alkyl halides is 5. The molecular formula is C22H20F5N7O2S2. The van der Waals surface area contributed by atoms with Crippen molar-refractivity contribution >= 4 is 51.6 Å². The van der Waals surface area contributed by atoms with Crippen LogP contribution in [-0.4, -0.2) is 50.5 Å². The highest BCUT2D eigenvalue weighted by Gasteiger charge is 2.45. The molecule has 0 aliphatic heterocycles. The molecule has 16 heteroatoms. The number of aryl methyl sites for hydroxylation is 1. The molecule has 0 radical (unpaired) electrons. The number of benzene rings is 2. The maximum absolute atomic E-state index is 13.5. The summed E-state index contributed by atoms with van der Waals surface area (Å²) in [7, 11) is 0. The molecule has 0 unspecified atom stereocenters. The van der Waals surface area contributed by atoms with Gasteiger partial charge in [-0.2, -0.15) is 27.2 Å². The fourth-order valence-corrected chi connectivity index (χ4v) is 4.64. The summed E-state index contributed by atoms with van der Waals surface area (Å²) < 4.78 is 69.6. The zero-order chi connectivity index (χ0) is 27.3. The molecule has 9 nitrogen and oxygen atoms in total. The number of anilines is 2. The number of ether oxygens (including phenoxy) is 1. The van der Waals surface area contributed by atoms with E-state index in [1.807, 2.05) is 6.07 Å². The van der Waals surface area contributed by atoms with Gasteiger partial charge in [0, 0.05) is 24.3 Å². The van der Waals surface area contributed by atoms with Crippen molar-refractivity contribution in [2.45, 2.75) is 42.3 Å². The Bertz CT molecular complexity index is 1360. The van der Waals surface area contributed by atoms with Crippen LogP contribution in [-0.2, 0) is 6.42 Å². The molecule has 0 spiro atoms. The maximum atomic E-state index is 13.5. The maximum Gasteiger partial charge on any atom is 0.406 e. The highest BCUT2D eigenvalue weighted by molar-refractivity contribution is 7.82. The molecule has 202 valence electrons. The van der Waals surface area contributed by atoms with Crippen LogP contribution in [0.1, 0.15) is 25.1 Å². The van der Waals surface area contributed by atoms with Crippen LogP contribution in [0.2, 0.25) is 0 Å². The molecule has 0 fully saturated rings. The number of amides is 2. The van der Waals surface area contributed by atoms with E-state index >= 15 is 0 Å². The van der Waals surface area contributed by atoms with Crippen molar-refractivity contribution in [3.8, 4) is 5.75 Å². The van der Waals surface area contributed by atoms with Crippen LogP contribution in [0.15, 0.2) is 46.8 Å². The Morgan fingerprint density at radius 2 is 1.87 bits per heavy atom. The molecule has 0 saturated carbocycles. The van der Waals surface area contributed by atoms with Gasteiger partial charge < -0.3 is 10.1 Å². The molecular weight excluding hydrogens is 553 g/mol. The smallest absolute Gasteiger partial charge is 0.406 e. The van der Waals surface area contributed by atoms with Gasteiger partial charge in [0.05, 0.1) is 10.2 Å². The molecule has 0 saturated heterocycles. The van der Waals surface area contributed by atoms with Gasteiger partial charge in [0.15, 0.2) is 5.82 Å². The first-order chi connectivity index (χ1) is 18.0. The number of hydrogen-bond acceptors (Lipinski definition) is 8. The van der Waals surface area contributed by atoms with Gasteiger partial charge in [0.1, 0.15) is 16.5 Å². The van der Waals surface area contributed by atoms with Gasteiger partial charge >= 0.3 is 18.3 Å². The molecule has 2 heterocycles. The Morgan fingerprint density at radius 3 is 2.55 bits per heavy atom. The van der Waals surface area contributed by atoms with Crippen molar-refractivity contribution in [1.82, 2.24) is 25.6 Å². The third-order valence-corrected chi connectivity index (χ3v) is 6.31. The number of carbonyl (C=O) groups excluding carboxylic acids is 1.